The second kappa shape index (κ2) is 60.9. The molecule has 0 atom stereocenters. The van der Waals surface area contributed by atoms with E-state index < -0.39 is 0 Å². The summed E-state index contributed by atoms with van der Waals surface area (Å²) in [5.41, 5.74) is 57.9. The fourth-order valence-corrected chi connectivity index (χ4v) is 8.80. The van der Waals surface area contributed by atoms with Crippen LogP contribution in [-0.4, -0.2) is 39.9 Å². The number of rotatable bonds is 0. The molecular formula is C104H144N16. The van der Waals surface area contributed by atoms with Crippen molar-refractivity contribution in [3.8, 4) is 0 Å². The first-order chi connectivity index (χ1) is 56.8. The van der Waals surface area contributed by atoms with Gasteiger partial charge in [0.2, 0.25) is 0 Å². The summed E-state index contributed by atoms with van der Waals surface area (Å²) in [6.45, 7) is 52.0. The van der Waals surface area contributed by atoms with E-state index in [-0.39, 0.29) is 0 Å². The fraction of sp³-hybridized carbons (Fsp3) is 0.308. The van der Waals surface area contributed by atoms with Crippen LogP contribution < -0.4 is 45.9 Å². The molecule has 120 heavy (non-hydrogen) atoms. The monoisotopic (exact) mass is 1620 g/mol. The van der Waals surface area contributed by atoms with Crippen molar-refractivity contribution in [3.05, 3.63) is 292 Å². The second-order valence-corrected chi connectivity index (χ2v) is 33.4. The van der Waals surface area contributed by atoms with E-state index in [1.165, 1.54) is 0 Å². The summed E-state index contributed by atoms with van der Waals surface area (Å²) in [4.78, 5) is 33.3. The van der Waals surface area contributed by atoms with Gasteiger partial charge in [-0.1, -0.05) is 275 Å². The van der Waals surface area contributed by atoms with Gasteiger partial charge in [-0.2, -0.15) is 0 Å². The first kappa shape index (κ1) is 105. The van der Waals surface area contributed by atoms with E-state index in [1.54, 1.807) is 43.4 Å². The first-order valence-electron chi connectivity index (χ1n) is 41.6. The molecule has 0 aliphatic heterocycles. The summed E-state index contributed by atoms with van der Waals surface area (Å²) in [5.74, 6) is 7.24. The number of nitrogens with zero attached hydrogens (tertiary/aromatic N) is 8. The van der Waals surface area contributed by atoms with Gasteiger partial charge in [0.15, 0.2) is 0 Å². The highest BCUT2D eigenvalue weighted by atomic mass is 14.8. The maximum atomic E-state index is 5.72. The Morgan fingerprint density at radius 1 is 0.192 bits per heavy atom. The van der Waals surface area contributed by atoms with Crippen LogP contribution in [0.15, 0.2) is 292 Å². The molecule has 0 bridgehead atoms. The van der Waals surface area contributed by atoms with Crippen LogP contribution in [0.3, 0.4) is 0 Å². The maximum Gasteiger partial charge on any atom is 0.124 e. The quantitative estimate of drug-likeness (QED) is 0.0654. The Bertz CT molecular complexity index is 4600. The third kappa shape index (κ3) is 50.8. The van der Waals surface area contributed by atoms with Gasteiger partial charge in [-0.25, -0.2) is 4.98 Å². The van der Waals surface area contributed by atoms with E-state index in [1.807, 2.05) is 249 Å². The van der Waals surface area contributed by atoms with Crippen molar-refractivity contribution < 1.29 is 0 Å². The third-order valence-corrected chi connectivity index (χ3v) is 13.1. The SMILES string of the molecule is CC(C)C.CC(C)C.CC(C)C.CC(C)C.CC(C)C.CC(C)C.CC(C)C.CC(C)C.Nc1ccc2ccccc2n1.Nc1ccc2cccnc2c1.Nc1ccc2cccnc2c1.Nc1ccc2ncccc2c1.Nc1cccc2cccnc12.Nc1cccc2ncccc12.Nc1ccnc2ccccc12.Nc1cnc2ccccc2c1. The number of fused-ring (bicyclic) bond motifs is 8. The number of nitrogens with two attached hydrogens (primary N) is 8. The average Bonchev–Trinajstić information content (AvgIpc) is 0.782. The number of aromatic nitrogens is 8. The molecule has 0 amide bonds. The van der Waals surface area contributed by atoms with Crippen LogP contribution in [0, 0.1) is 47.3 Å². The van der Waals surface area contributed by atoms with Crippen LogP contribution in [0.4, 0.5) is 45.6 Å². The molecule has 8 heterocycles. The van der Waals surface area contributed by atoms with Gasteiger partial charge < -0.3 is 45.9 Å². The van der Waals surface area contributed by atoms with Crippen LogP contribution in [-0.2, 0) is 0 Å². The fourth-order valence-electron chi connectivity index (χ4n) is 8.80. The minimum absolute atomic E-state index is 0.573. The zero-order chi connectivity index (χ0) is 90.1. The van der Waals surface area contributed by atoms with Crippen LogP contribution in [0.1, 0.15) is 166 Å². The van der Waals surface area contributed by atoms with Gasteiger partial charge in [0, 0.05) is 109 Å². The van der Waals surface area contributed by atoms with Crippen molar-refractivity contribution >= 4 is 133 Å². The highest BCUT2D eigenvalue weighted by Crippen LogP contribution is 2.22. The third-order valence-electron chi connectivity index (χ3n) is 13.1. The summed E-state index contributed by atoms with van der Waals surface area (Å²) in [6.07, 6.45) is 12.2. The molecule has 8 aromatic heterocycles. The lowest BCUT2D eigenvalue weighted by Crippen LogP contribution is -1.88. The molecule has 0 spiro atoms. The highest BCUT2D eigenvalue weighted by molar-refractivity contribution is 5.92. The molecule has 8 aromatic carbocycles. The second-order valence-electron chi connectivity index (χ2n) is 33.4. The maximum absolute atomic E-state index is 5.72. The molecule has 640 valence electrons. The topological polar surface area (TPSA) is 311 Å². The van der Waals surface area contributed by atoms with Gasteiger partial charge in [-0.15, -0.1) is 0 Å². The molecule has 16 N–H and O–H groups in total. The van der Waals surface area contributed by atoms with E-state index in [0.717, 1.165) is 169 Å². The minimum atomic E-state index is 0.573. The van der Waals surface area contributed by atoms with E-state index in [0.29, 0.717) is 11.5 Å². The van der Waals surface area contributed by atoms with Gasteiger partial charge in [0.25, 0.3) is 0 Å². The molecule has 0 saturated carbocycles. The molecule has 0 aliphatic carbocycles. The minimum Gasteiger partial charge on any atom is -0.399 e. The standard InChI is InChI=1S/8C9H8N2.8C4H10/c10-8-4-1-5-9-7(8)3-2-6-11-9;10-8-5-1-3-7-4-2-6-11-9(7)8;10-8-3-4-9-7(6-8)2-1-5-11-9;2*10-8-4-3-7-2-1-5-11-9(7)6-8;10-8-5-7-3-1-2-4-9(7)11-6-8;10-8-5-6-11-9-4-2-1-3-7(8)9;10-9-6-5-7-3-1-2-4-8(7)11-9;8*1-4(2)3/h6*1-6H,10H2;2*1-6H,(H2,10,11);8*4H,1-3H3. The normalized spacial score (nSPS) is 9.87. The summed E-state index contributed by atoms with van der Waals surface area (Å²) in [7, 11) is 0. The lowest BCUT2D eigenvalue weighted by Gasteiger charge is -1.97. The zero-order valence-electron chi connectivity index (χ0n) is 76.5. The molecule has 16 nitrogen and oxygen atoms in total. The number of para-hydroxylation sites is 4. The van der Waals surface area contributed by atoms with Crippen molar-refractivity contribution in [2.24, 2.45) is 47.3 Å². The van der Waals surface area contributed by atoms with E-state index in [4.69, 9.17) is 45.9 Å². The molecule has 0 aliphatic rings. The predicted octanol–water partition coefficient (Wildman–Crippen LogP) is 27.8. The molecule has 16 rings (SSSR count). The van der Waals surface area contributed by atoms with E-state index in [9.17, 15) is 0 Å². The van der Waals surface area contributed by atoms with E-state index >= 15 is 0 Å². The number of hydrogen-bond donors (Lipinski definition) is 8. The lowest BCUT2D eigenvalue weighted by molar-refractivity contribution is 0.736. The Morgan fingerprint density at radius 3 is 0.967 bits per heavy atom. The predicted molar refractivity (Wildman–Crippen MR) is 533 cm³/mol. The molecule has 0 radical (unpaired) electrons. The van der Waals surface area contributed by atoms with Gasteiger partial charge in [0.05, 0.1) is 61.7 Å². The van der Waals surface area contributed by atoms with Gasteiger partial charge >= 0.3 is 0 Å². The van der Waals surface area contributed by atoms with Gasteiger partial charge in [-0.05, 0) is 187 Å². The van der Waals surface area contributed by atoms with Crippen molar-refractivity contribution in [1.82, 2.24) is 39.9 Å². The number of pyridine rings is 8. The Kier molecular flexibility index (Phi) is 53.5. The van der Waals surface area contributed by atoms with Crippen LogP contribution >= 0.6 is 0 Å². The van der Waals surface area contributed by atoms with Crippen LogP contribution in [0.2, 0.25) is 0 Å². The highest BCUT2D eigenvalue weighted by Gasteiger charge is 2.00. The summed E-state index contributed by atoms with van der Waals surface area (Å²) < 4.78 is 0. The molecule has 16 heteroatoms. The Balaban J connectivity index is 0.000000653. The Morgan fingerprint density at radius 2 is 0.483 bits per heavy atom. The summed E-state index contributed by atoms with van der Waals surface area (Å²) in [6, 6.07) is 79.3. The summed E-state index contributed by atoms with van der Waals surface area (Å²) in [5, 5.41) is 8.70. The van der Waals surface area contributed by atoms with Crippen molar-refractivity contribution in [2.75, 3.05) is 45.9 Å². The van der Waals surface area contributed by atoms with Gasteiger partial charge in [0.1, 0.15) is 5.82 Å². The van der Waals surface area contributed by atoms with Crippen LogP contribution in [0.25, 0.3) is 87.2 Å². The lowest BCUT2D eigenvalue weighted by atomic mass is 10.2. The zero-order valence-corrected chi connectivity index (χ0v) is 76.5. The first-order valence-corrected chi connectivity index (χ1v) is 41.6. The molecule has 0 saturated heterocycles. The number of anilines is 8. The Labute approximate surface area is 720 Å². The van der Waals surface area contributed by atoms with E-state index in [2.05, 4.69) is 206 Å². The molecule has 0 unspecified atom stereocenters. The number of hydrogen-bond acceptors (Lipinski definition) is 16. The van der Waals surface area contributed by atoms with Crippen molar-refractivity contribution in [2.45, 2.75) is 166 Å². The van der Waals surface area contributed by atoms with Crippen molar-refractivity contribution in [3.63, 3.8) is 0 Å². The van der Waals surface area contributed by atoms with Gasteiger partial charge in [-0.3, -0.25) is 34.9 Å². The molecule has 0 fully saturated rings. The number of benzene rings is 8. The molecular weight excluding hydrogens is 1470 g/mol. The molecule has 16 aromatic rings. The average molecular weight is 1620 g/mol. The smallest absolute Gasteiger partial charge is 0.124 e. The van der Waals surface area contributed by atoms with Crippen LogP contribution in [0.5, 0.6) is 0 Å². The number of nitrogen functional groups attached to an aromatic ring is 8. The van der Waals surface area contributed by atoms with Crippen molar-refractivity contribution in [1.29, 1.82) is 0 Å². The Hall–Kier alpha value is -12.6. The largest absolute Gasteiger partial charge is 0.399 e. The summed E-state index contributed by atoms with van der Waals surface area (Å²) >= 11 is 0.